The van der Waals surface area contributed by atoms with Gasteiger partial charge in [-0.3, -0.25) is 4.72 Å². The summed E-state index contributed by atoms with van der Waals surface area (Å²) in [5, 5.41) is 0.300. The van der Waals surface area contributed by atoms with Crippen molar-refractivity contribution in [1.29, 1.82) is 0 Å². The van der Waals surface area contributed by atoms with Crippen LogP contribution in [0.1, 0.15) is 23.9 Å². The molecule has 1 N–H and O–H groups in total. The van der Waals surface area contributed by atoms with Gasteiger partial charge in [-0.1, -0.05) is 13.0 Å². The first-order valence-electron chi connectivity index (χ1n) is 7.40. The highest BCUT2D eigenvalue weighted by atomic mass is 32.2. The first kappa shape index (κ1) is 17.1. The van der Waals surface area contributed by atoms with E-state index in [0.717, 1.165) is 35.9 Å². The molecule has 1 unspecified atom stereocenters. The maximum Gasteiger partial charge on any atom is 0.387 e. The number of aryl methyl sites for hydroxylation is 1. The third kappa shape index (κ3) is 3.84. The summed E-state index contributed by atoms with van der Waals surface area (Å²) < 4.78 is 56.0. The number of rotatable bonds is 5. The Kier molecular flexibility index (Phi) is 4.73. The molecule has 1 aromatic carbocycles. The number of anilines is 1. The van der Waals surface area contributed by atoms with E-state index in [0.29, 0.717) is 11.0 Å². The summed E-state index contributed by atoms with van der Waals surface area (Å²) in [6, 6.07) is 5.00. The summed E-state index contributed by atoms with van der Waals surface area (Å²) in [4.78, 5) is 5.29. The van der Waals surface area contributed by atoms with E-state index in [2.05, 4.69) is 21.4 Å². The lowest BCUT2D eigenvalue weighted by Crippen LogP contribution is -2.13. The maximum absolute atomic E-state index is 12.4. The molecule has 0 amide bonds. The van der Waals surface area contributed by atoms with Gasteiger partial charge in [-0.25, -0.2) is 13.4 Å². The van der Waals surface area contributed by atoms with Crippen LogP contribution in [0.5, 0.6) is 5.75 Å². The van der Waals surface area contributed by atoms with Crippen molar-refractivity contribution in [2.75, 3.05) is 4.72 Å². The van der Waals surface area contributed by atoms with Gasteiger partial charge < -0.3 is 4.74 Å². The average Bonchev–Trinajstić information content (AvgIpc) is 2.87. The third-order valence-corrected chi connectivity index (χ3v) is 6.25. The molecular weight excluding hydrogens is 358 g/mol. The number of fused-ring (bicyclic) bond motifs is 1. The maximum atomic E-state index is 12.4. The number of ether oxygens (including phenoxy) is 1. The number of hydrogen-bond acceptors (Lipinski definition) is 5. The van der Waals surface area contributed by atoms with Crippen molar-refractivity contribution in [2.24, 2.45) is 5.92 Å². The van der Waals surface area contributed by atoms with Gasteiger partial charge in [0.15, 0.2) is 5.13 Å². The van der Waals surface area contributed by atoms with E-state index < -0.39 is 16.6 Å². The highest BCUT2D eigenvalue weighted by molar-refractivity contribution is 7.93. The van der Waals surface area contributed by atoms with Crippen LogP contribution in [-0.4, -0.2) is 20.0 Å². The molecular formula is C15H16F2N2O3S2. The number of nitrogens with one attached hydrogen (secondary N) is 1. The topological polar surface area (TPSA) is 68.3 Å². The van der Waals surface area contributed by atoms with Gasteiger partial charge in [-0.2, -0.15) is 8.78 Å². The number of thiazole rings is 1. The Morgan fingerprint density at radius 1 is 1.42 bits per heavy atom. The highest BCUT2D eigenvalue weighted by Crippen LogP contribution is 2.33. The van der Waals surface area contributed by atoms with E-state index in [1.54, 1.807) is 0 Å². The van der Waals surface area contributed by atoms with Crippen LogP contribution >= 0.6 is 11.3 Å². The first-order chi connectivity index (χ1) is 11.3. The minimum Gasteiger partial charge on any atom is -0.435 e. The van der Waals surface area contributed by atoms with Crippen LogP contribution in [-0.2, 0) is 22.9 Å². The van der Waals surface area contributed by atoms with Crippen molar-refractivity contribution in [2.45, 2.75) is 37.7 Å². The van der Waals surface area contributed by atoms with Crippen LogP contribution in [0.3, 0.4) is 0 Å². The second kappa shape index (κ2) is 6.64. The second-order valence-corrected chi connectivity index (χ2v) is 8.46. The lowest BCUT2D eigenvalue weighted by Gasteiger charge is -2.15. The van der Waals surface area contributed by atoms with E-state index in [9.17, 15) is 17.2 Å². The van der Waals surface area contributed by atoms with Gasteiger partial charge in [0.05, 0.1) is 10.6 Å². The van der Waals surface area contributed by atoms with Crippen molar-refractivity contribution in [3.8, 4) is 5.75 Å². The molecule has 0 aliphatic heterocycles. The quantitative estimate of drug-likeness (QED) is 0.867. The summed E-state index contributed by atoms with van der Waals surface area (Å²) in [5.74, 6) is 0.353. The highest BCUT2D eigenvalue weighted by Gasteiger charge is 2.23. The summed E-state index contributed by atoms with van der Waals surface area (Å²) in [6.45, 7) is -0.857. The first-order valence-corrected chi connectivity index (χ1v) is 9.70. The molecule has 9 heteroatoms. The van der Waals surface area contributed by atoms with Crippen molar-refractivity contribution in [3.05, 3.63) is 34.8 Å². The molecule has 0 fully saturated rings. The zero-order valence-electron chi connectivity index (χ0n) is 12.8. The van der Waals surface area contributed by atoms with Gasteiger partial charge in [0.25, 0.3) is 10.0 Å². The Hall–Kier alpha value is -1.74. The van der Waals surface area contributed by atoms with E-state index in [1.165, 1.54) is 29.5 Å². The Morgan fingerprint density at radius 3 is 2.96 bits per heavy atom. The number of hydrogen-bond donors (Lipinski definition) is 1. The molecule has 5 nitrogen and oxygen atoms in total. The number of aromatic nitrogens is 1. The van der Waals surface area contributed by atoms with Gasteiger partial charge in [0.2, 0.25) is 0 Å². The average molecular weight is 374 g/mol. The van der Waals surface area contributed by atoms with Crippen molar-refractivity contribution in [3.63, 3.8) is 0 Å². The molecule has 1 aliphatic carbocycles. The van der Waals surface area contributed by atoms with E-state index >= 15 is 0 Å². The molecule has 130 valence electrons. The van der Waals surface area contributed by atoms with Crippen molar-refractivity contribution < 1.29 is 21.9 Å². The number of sulfonamides is 1. The predicted octanol–water partition coefficient (Wildman–Crippen LogP) is 3.67. The lowest BCUT2D eigenvalue weighted by molar-refractivity contribution is -0.0499. The standard InChI is InChI=1S/C15H16F2N2O3S2/c1-9-5-6-12-13(7-9)23-15(18-12)19-24(20,21)11-4-2-3-10(8-11)22-14(16)17/h2-4,8-9,14H,5-7H2,1H3,(H,18,19). The van der Waals surface area contributed by atoms with Crippen molar-refractivity contribution >= 4 is 26.5 Å². The molecule has 1 atom stereocenters. The third-order valence-electron chi connectivity index (χ3n) is 3.75. The Bertz CT molecular complexity index is 837. The van der Waals surface area contributed by atoms with Crippen LogP contribution in [0.15, 0.2) is 29.2 Å². The zero-order chi connectivity index (χ0) is 17.3. The molecule has 24 heavy (non-hydrogen) atoms. The zero-order valence-corrected chi connectivity index (χ0v) is 14.5. The molecule has 1 heterocycles. The van der Waals surface area contributed by atoms with Gasteiger partial charge >= 0.3 is 6.61 Å². The second-order valence-electron chi connectivity index (χ2n) is 5.70. The SMILES string of the molecule is CC1CCc2nc(NS(=O)(=O)c3cccc(OC(F)F)c3)sc2C1. The largest absolute Gasteiger partial charge is 0.435 e. The molecule has 3 rings (SSSR count). The van der Waals surface area contributed by atoms with Gasteiger partial charge in [0.1, 0.15) is 5.75 Å². The van der Waals surface area contributed by atoms with Gasteiger partial charge in [-0.05, 0) is 37.3 Å². The van der Waals surface area contributed by atoms with Crippen LogP contribution in [0.2, 0.25) is 0 Å². The molecule has 2 aromatic rings. The summed E-state index contributed by atoms with van der Waals surface area (Å²) in [6.07, 6.45) is 2.77. The van der Waals surface area contributed by atoms with E-state index in [1.807, 2.05) is 0 Å². The summed E-state index contributed by atoms with van der Waals surface area (Å²) in [5.41, 5.74) is 0.936. The summed E-state index contributed by atoms with van der Waals surface area (Å²) in [7, 11) is -3.91. The Balaban J connectivity index is 1.81. The van der Waals surface area contributed by atoms with Gasteiger partial charge in [-0.15, -0.1) is 11.3 Å². The Labute approximate surface area is 142 Å². The molecule has 0 saturated heterocycles. The van der Waals surface area contributed by atoms with Crippen LogP contribution in [0.25, 0.3) is 0 Å². The molecule has 0 bridgehead atoms. The number of benzene rings is 1. The number of nitrogens with zero attached hydrogens (tertiary/aromatic N) is 1. The molecule has 0 saturated carbocycles. The smallest absolute Gasteiger partial charge is 0.387 e. The lowest BCUT2D eigenvalue weighted by atomic mass is 9.93. The fourth-order valence-corrected chi connectivity index (χ4v) is 5.02. The fourth-order valence-electron chi connectivity index (χ4n) is 2.57. The fraction of sp³-hybridized carbons (Fsp3) is 0.400. The van der Waals surface area contributed by atoms with E-state index in [-0.39, 0.29) is 10.6 Å². The van der Waals surface area contributed by atoms with Crippen molar-refractivity contribution in [1.82, 2.24) is 4.98 Å². The molecule has 1 aliphatic rings. The van der Waals surface area contributed by atoms with Crippen LogP contribution in [0, 0.1) is 5.92 Å². The monoisotopic (exact) mass is 374 g/mol. The molecule has 0 spiro atoms. The normalized spacial score (nSPS) is 17.6. The molecule has 0 radical (unpaired) electrons. The van der Waals surface area contributed by atoms with Crippen LogP contribution < -0.4 is 9.46 Å². The molecule has 1 aromatic heterocycles. The summed E-state index contributed by atoms with van der Waals surface area (Å²) >= 11 is 1.32. The minimum atomic E-state index is -3.91. The van der Waals surface area contributed by atoms with E-state index in [4.69, 9.17) is 0 Å². The minimum absolute atomic E-state index is 0.151. The number of halogens is 2. The Morgan fingerprint density at radius 2 is 2.21 bits per heavy atom. The predicted molar refractivity (Wildman–Crippen MR) is 87.2 cm³/mol. The number of alkyl halides is 2. The van der Waals surface area contributed by atoms with Gasteiger partial charge in [0, 0.05) is 10.9 Å². The van der Waals surface area contributed by atoms with Crippen LogP contribution in [0.4, 0.5) is 13.9 Å².